The second-order valence-corrected chi connectivity index (χ2v) is 10.9. The number of halogens is 3. The van der Waals surface area contributed by atoms with Crippen molar-refractivity contribution in [3.05, 3.63) is 92.9 Å². The maximum atomic E-state index is 13.8. The molecule has 0 N–H and O–H groups in total. The van der Waals surface area contributed by atoms with E-state index in [1.165, 1.54) is 10.6 Å². The lowest BCUT2D eigenvalue weighted by atomic mass is 9.93. The highest BCUT2D eigenvalue weighted by molar-refractivity contribution is 6.30. The summed E-state index contributed by atoms with van der Waals surface area (Å²) in [5.41, 5.74) is 3.71. The smallest absolute Gasteiger partial charge is 0.395 e. The fourth-order valence-electron chi connectivity index (χ4n) is 5.80. The number of anilines is 1. The number of piperazine rings is 1. The van der Waals surface area contributed by atoms with E-state index in [-0.39, 0.29) is 40.9 Å². The number of fused-ring (bicyclic) bond motifs is 2. The lowest BCUT2D eigenvalue weighted by molar-refractivity contribution is -0.286. The Balaban J connectivity index is 1.39. The summed E-state index contributed by atoms with van der Waals surface area (Å²) in [5.74, 6) is -0.0293. The molecule has 0 bridgehead atoms. The minimum atomic E-state index is -3.71. The minimum Gasteiger partial charge on any atom is -0.395 e. The van der Waals surface area contributed by atoms with E-state index < -0.39 is 6.29 Å². The lowest BCUT2D eigenvalue weighted by Gasteiger charge is -2.48. The molecule has 2 aromatic carbocycles. The maximum Gasteiger partial charge on any atom is 0.586 e. The largest absolute Gasteiger partial charge is 0.586 e. The molecule has 1 fully saturated rings. The zero-order valence-corrected chi connectivity index (χ0v) is 23.3. The highest BCUT2D eigenvalue weighted by Gasteiger charge is 2.44. The Hall–Kier alpha value is -4.20. The van der Waals surface area contributed by atoms with Crippen molar-refractivity contribution >= 4 is 28.3 Å². The Kier molecular flexibility index (Phi) is 6.59. The van der Waals surface area contributed by atoms with Gasteiger partial charge in [0.25, 0.3) is 5.56 Å². The van der Waals surface area contributed by atoms with Crippen LogP contribution in [0.3, 0.4) is 0 Å². The van der Waals surface area contributed by atoms with E-state index in [9.17, 15) is 18.8 Å². The molecule has 2 aliphatic rings. The summed E-state index contributed by atoms with van der Waals surface area (Å²) in [7, 11) is 1.68. The first-order valence-electron chi connectivity index (χ1n) is 13.1. The number of aryl methyl sites for hydroxylation is 1. The molecular weight excluding hydrogens is 552 g/mol. The normalized spacial score (nSPS) is 20.7. The topological polar surface area (TPSA) is 83.6 Å². The van der Waals surface area contributed by atoms with Gasteiger partial charge < -0.3 is 18.9 Å². The molecular formula is C30H26ClF2N5O3. The molecule has 8 nitrogen and oxygen atoms in total. The molecule has 2 aromatic heterocycles. The fraction of sp³-hybridized carbons (Fsp3) is 0.300. The van der Waals surface area contributed by atoms with E-state index in [0.29, 0.717) is 34.8 Å². The zero-order valence-electron chi connectivity index (χ0n) is 22.5. The van der Waals surface area contributed by atoms with E-state index in [4.69, 9.17) is 16.3 Å². The van der Waals surface area contributed by atoms with Crippen LogP contribution in [0.15, 0.2) is 65.5 Å². The molecule has 0 aliphatic carbocycles. The summed E-state index contributed by atoms with van der Waals surface area (Å²) in [6.45, 7) is 5.28. The van der Waals surface area contributed by atoms with Gasteiger partial charge in [-0.1, -0.05) is 29.8 Å². The first kappa shape index (κ1) is 27.0. The van der Waals surface area contributed by atoms with Gasteiger partial charge in [-0.25, -0.2) is 4.98 Å². The second kappa shape index (κ2) is 10.0. The number of nitrogens with zero attached hydrogens (tertiary/aromatic N) is 5. The quantitative estimate of drug-likeness (QED) is 0.318. The summed E-state index contributed by atoms with van der Waals surface area (Å²) in [6.07, 6.45) is -3.71. The number of pyridine rings is 2. The van der Waals surface area contributed by atoms with Crippen LogP contribution in [0.4, 0.5) is 14.5 Å². The van der Waals surface area contributed by atoms with Crippen LogP contribution in [0.25, 0.3) is 11.0 Å². The zero-order chi connectivity index (χ0) is 29.1. The molecule has 41 heavy (non-hydrogen) atoms. The van der Waals surface area contributed by atoms with Crippen molar-refractivity contribution in [1.82, 2.24) is 14.5 Å². The third-order valence-electron chi connectivity index (χ3n) is 7.79. The van der Waals surface area contributed by atoms with Crippen LogP contribution in [0.1, 0.15) is 36.7 Å². The van der Waals surface area contributed by atoms with Crippen molar-refractivity contribution in [3.63, 3.8) is 0 Å². The predicted molar refractivity (Wildman–Crippen MR) is 151 cm³/mol. The van der Waals surface area contributed by atoms with Crippen LogP contribution < -0.4 is 19.9 Å². The third-order valence-corrected chi connectivity index (χ3v) is 8.04. The summed E-state index contributed by atoms with van der Waals surface area (Å²) < 4.78 is 38.5. The number of nitriles is 1. The number of benzene rings is 2. The van der Waals surface area contributed by atoms with Crippen LogP contribution in [0.5, 0.6) is 11.5 Å². The van der Waals surface area contributed by atoms with Gasteiger partial charge in [0, 0.05) is 43.3 Å². The Bertz CT molecular complexity index is 1750. The van der Waals surface area contributed by atoms with Crippen molar-refractivity contribution in [2.24, 2.45) is 7.05 Å². The number of hydrogen-bond donors (Lipinski definition) is 0. The number of hydrogen-bond acceptors (Lipinski definition) is 7. The Morgan fingerprint density at radius 2 is 1.71 bits per heavy atom. The van der Waals surface area contributed by atoms with Gasteiger partial charge >= 0.3 is 6.29 Å². The van der Waals surface area contributed by atoms with Crippen molar-refractivity contribution < 1.29 is 18.3 Å². The standard InChI is InChI=1S/C30H26ClF2N5O3/c1-17-16-38(18(2)15-37(17)24-13-27(39)36(3)23-10-9-22(14-34)35-28(23)24)29(19-4-7-21(31)8-5-19)20-6-11-25-26(12-20)41-30(32,33)40-25/h4-13,17-18,29H,15-16H2,1-3H3/t17-,18+,29?/m0/s1. The molecule has 0 saturated carbocycles. The van der Waals surface area contributed by atoms with Gasteiger partial charge in [-0.05, 0) is 61.4 Å². The molecule has 4 heterocycles. The number of ether oxygens (including phenoxy) is 2. The van der Waals surface area contributed by atoms with E-state index in [2.05, 4.69) is 39.4 Å². The van der Waals surface area contributed by atoms with Gasteiger partial charge in [-0.3, -0.25) is 9.69 Å². The average molecular weight is 578 g/mol. The van der Waals surface area contributed by atoms with Crippen molar-refractivity contribution in [3.8, 4) is 17.6 Å². The Morgan fingerprint density at radius 1 is 1.00 bits per heavy atom. The van der Waals surface area contributed by atoms with Crippen LogP contribution in [0.2, 0.25) is 5.02 Å². The first-order chi connectivity index (χ1) is 19.5. The average Bonchev–Trinajstić information content (AvgIpc) is 3.26. The maximum absolute atomic E-state index is 13.8. The summed E-state index contributed by atoms with van der Waals surface area (Å²) in [6, 6.07) is 18.9. The molecule has 0 spiro atoms. The predicted octanol–water partition coefficient (Wildman–Crippen LogP) is 5.47. The SMILES string of the molecule is C[C@@H]1CN(c2cc(=O)n(C)c3ccc(C#N)nc23)[C@@H](C)CN1C(c1ccc(Cl)cc1)c1ccc2c(c1)OC(F)(F)O2. The Labute approximate surface area is 239 Å². The van der Waals surface area contributed by atoms with Gasteiger partial charge in [0.2, 0.25) is 0 Å². The number of aromatic nitrogens is 2. The molecule has 1 saturated heterocycles. The lowest BCUT2D eigenvalue weighted by Crippen LogP contribution is -2.57. The molecule has 210 valence electrons. The first-order valence-corrected chi connectivity index (χ1v) is 13.5. The molecule has 0 amide bonds. The van der Waals surface area contributed by atoms with Gasteiger partial charge in [0.15, 0.2) is 11.5 Å². The van der Waals surface area contributed by atoms with E-state index in [1.807, 2.05) is 12.1 Å². The molecule has 11 heteroatoms. The summed E-state index contributed by atoms with van der Waals surface area (Å²) in [4.78, 5) is 21.9. The van der Waals surface area contributed by atoms with Gasteiger partial charge in [0.1, 0.15) is 17.3 Å². The van der Waals surface area contributed by atoms with E-state index in [1.54, 1.807) is 49.5 Å². The van der Waals surface area contributed by atoms with Crippen molar-refractivity contribution in [1.29, 1.82) is 5.26 Å². The molecule has 4 aromatic rings. The molecule has 1 unspecified atom stereocenters. The van der Waals surface area contributed by atoms with Crippen molar-refractivity contribution in [2.45, 2.75) is 38.3 Å². The monoisotopic (exact) mass is 577 g/mol. The number of rotatable bonds is 4. The summed E-state index contributed by atoms with van der Waals surface area (Å²) >= 11 is 6.19. The molecule has 2 aliphatic heterocycles. The fourth-order valence-corrected chi connectivity index (χ4v) is 5.92. The number of alkyl halides is 2. The van der Waals surface area contributed by atoms with E-state index >= 15 is 0 Å². The molecule has 0 radical (unpaired) electrons. The van der Waals surface area contributed by atoms with E-state index in [0.717, 1.165) is 11.1 Å². The molecule has 6 rings (SSSR count). The van der Waals surface area contributed by atoms with Crippen LogP contribution in [0, 0.1) is 11.3 Å². The minimum absolute atomic E-state index is 0.0124. The van der Waals surface area contributed by atoms with Crippen LogP contribution in [-0.2, 0) is 7.05 Å². The van der Waals surface area contributed by atoms with Crippen LogP contribution in [-0.4, -0.2) is 45.9 Å². The Morgan fingerprint density at radius 3 is 2.44 bits per heavy atom. The van der Waals surface area contributed by atoms with Gasteiger partial charge in [-0.2, -0.15) is 5.26 Å². The van der Waals surface area contributed by atoms with Gasteiger partial charge in [-0.15, -0.1) is 8.78 Å². The highest BCUT2D eigenvalue weighted by Crippen LogP contribution is 2.44. The van der Waals surface area contributed by atoms with Crippen LogP contribution >= 0.6 is 11.6 Å². The summed E-state index contributed by atoms with van der Waals surface area (Å²) in [5, 5.41) is 10.1. The molecule has 3 atom stereocenters. The highest BCUT2D eigenvalue weighted by atomic mass is 35.5. The third kappa shape index (κ3) is 4.85. The van der Waals surface area contributed by atoms with Crippen molar-refractivity contribution in [2.75, 3.05) is 18.0 Å². The van der Waals surface area contributed by atoms with Gasteiger partial charge in [0.05, 0.1) is 17.2 Å². The second-order valence-electron chi connectivity index (χ2n) is 10.5.